The van der Waals surface area contributed by atoms with Gasteiger partial charge in [0.05, 0.1) is 6.07 Å². The maximum atomic E-state index is 11.8. The van der Waals surface area contributed by atoms with Crippen molar-refractivity contribution in [2.24, 2.45) is 0 Å². The SMILES string of the molecule is CC(C)(C#N)NC(=O)CCC(=O)c1cccc(Cl)c1. The van der Waals surface area contributed by atoms with Crippen molar-refractivity contribution in [1.29, 1.82) is 5.26 Å². The lowest BCUT2D eigenvalue weighted by Crippen LogP contribution is -2.42. The number of Topliss-reactive ketones (excluding diaryl/α,β-unsaturated/α-hetero) is 1. The van der Waals surface area contributed by atoms with Gasteiger partial charge in [-0.2, -0.15) is 5.26 Å². The zero-order valence-electron chi connectivity index (χ0n) is 10.9. The van der Waals surface area contributed by atoms with E-state index in [-0.39, 0.29) is 24.5 Å². The van der Waals surface area contributed by atoms with Crippen LogP contribution < -0.4 is 5.32 Å². The first-order chi connectivity index (χ1) is 8.84. The molecule has 0 heterocycles. The molecule has 0 bridgehead atoms. The largest absolute Gasteiger partial charge is 0.338 e. The van der Waals surface area contributed by atoms with Crippen LogP contribution in [0, 0.1) is 11.3 Å². The third kappa shape index (κ3) is 5.11. The lowest BCUT2D eigenvalue weighted by atomic mass is 10.0. The summed E-state index contributed by atoms with van der Waals surface area (Å²) in [6.07, 6.45) is 0.143. The summed E-state index contributed by atoms with van der Waals surface area (Å²) < 4.78 is 0. The average molecular weight is 279 g/mol. The van der Waals surface area contributed by atoms with Crippen molar-refractivity contribution < 1.29 is 9.59 Å². The van der Waals surface area contributed by atoms with Gasteiger partial charge in [-0.05, 0) is 26.0 Å². The highest BCUT2D eigenvalue weighted by Crippen LogP contribution is 2.13. The molecule has 0 aromatic heterocycles. The molecule has 0 aliphatic rings. The lowest BCUT2D eigenvalue weighted by molar-refractivity contribution is -0.122. The fourth-order valence-electron chi connectivity index (χ4n) is 1.47. The first-order valence-electron chi connectivity index (χ1n) is 5.85. The quantitative estimate of drug-likeness (QED) is 0.842. The van der Waals surface area contributed by atoms with E-state index >= 15 is 0 Å². The first-order valence-corrected chi connectivity index (χ1v) is 6.23. The van der Waals surface area contributed by atoms with Crippen molar-refractivity contribution in [3.05, 3.63) is 34.9 Å². The molecule has 19 heavy (non-hydrogen) atoms. The van der Waals surface area contributed by atoms with Crippen molar-refractivity contribution in [3.8, 4) is 6.07 Å². The number of ketones is 1. The van der Waals surface area contributed by atoms with Crippen LogP contribution in [0.2, 0.25) is 5.02 Å². The van der Waals surface area contributed by atoms with Crippen molar-refractivity contribution in [1.82, 2.24) is 5.32 Å². The van der Waals surface area contributed by atoms with Crippen molar-refractivity contribution in [3.63, 3.8) is 0 Å². The number of nitrogens with zero attached hydrogens (tertiary/aromatic N) is 1. The summed E-state index contributed by atoms with van der Waals surface area (Å²) in [6.45, 7) is 3.20. The van der Waals surface area contributed by atoms with Gasteiger partial charge in [0.2, 0.25) is 5.91 Å². The Morgan fingerprint density at radius 1 is 1.37 bits per heavy atom. The zero-order chi connectivity index (χ0) is 14.5. The summed E-state index contributed by atoms with van der Waals surface area (Å²) in [5.74, 6) is -0.464. The molecule has 100 valence electrons. The molecule has 0 unspecified atom stereocenters. The minimum atomic E-state index is -0.920. The van der Waals surface area contributed by atoms with E-state index in [0.29, 0.717) is 10.6 Å². The molecule has 4 nitrogen and oxygen atoms in total. The molecule has 0 saturated carbocycles. The zero-order valence-corrected chi connectivity index (χ0v) is 11.6. The second kappa shape index (κ2) is 6.35. The molecule has 0 spiro atoms. The Morgan fingerprint density at radius 2 is 2.05 bits per heavy atom. The highest BCUT2D eigenvalue weighted by atomic mass is 35.5. The predicted molar refractivity (Wildman–Crippen MR) is 72.9 cm³/mol. The maximum absolute atomic E-state index is 11.8. The maximum Gasteiger partial charge on any atom is 0.221 e. The number of carbonyl (C=O) groups excluding carboxylic acids is 2. The molecule has 1 aromatic carbocycles. The third-order valence-corrected chi connectivity index (χ3v) is 2.69. The van der Waals surface area contributed by atoms with E-state index in [0.717, 1.165) is 0 Å². The minimum Gasteiger partial charge on any atom is -0.338 e. The number of rotatable bonds is 5. The van der Waals surface area contributed by atoms with Gasteiger partial charge in [0.1, 0.15) is 5.54 Å². The Kier molecular flexibility index (Phi) is 5.08. The normalized spacial score (nSPS) is 10.6. The smallest absolute Gasteiger partial charge is 0.221 e. The number of benzene rings is 1. The third-order valence-electron chi connectivity index (χ3n) is 2.46. The molecule has 1 amide bonds. The van der Waals surface area contributed by atoms with Crippen molar-refractivity contribution in [2.75, 3.05) is 0 Å². The summed E-state index contributed by atoms with van der Waals surface area (Å²) in [5.41, 5.74) is -0.434. The first kappa shape index (κ1) is 15.2. The van der Waals surface area contributed by atoms with Crippen LogP contribution in [0.25, 0.3) is 0 Å². The standard InChI is InChI=1S/C14H15ClN2O2/c1-14(2,9-16)17-13(19)7-6-12(18)10-4-3-5-11(15)8-10/h3-5,8H,6-7H2,1-2H3,(H,17,19). The highest BCUT2D eigenvalue weighted by molar-refractivity contribution is 6.31. The summed E-state index contributed by atoms with van der Waals surface area (Å²) in [6, 6.07) is 8.56. The fourth-order valence-corrected chi connectivity index (χ4v) is 1.66. The van der Waals surface area contributed by atoms with Gasteiger partial charge in [-0.15, -0.1) is 0 Å². The van der Waals surface area contributed by atoms with E-state index in [1.54, 1.807) is 38.1 Å². The van der Waals surface area contributed by atoms with Gasteiger partial charge < -0.3 is 5.32 Å². The van der Waals surface area contributed by atoms with Crippen LogP contribution in [-0.4, -0.2) is 17.2 Å². The van der Waals surface area contributed by atoms with Crippen LogP contribution in [0.4, 0.5) is 0 Å². The molecule has 0 saturated heterocycles. The Morgan fingerprint density at radius 3 is 2.63 bits per heavy atom. The summed E-state index contributed by atoms with van der Waals surface area (Å²) in [4.78, 5) is 23.4. The predicted octanol–water partition coefficient (Wildman–Crippen LogP) is 2.72. The molecule has 0 fully saturated rings. The molecule has 0 atom stereocenters. The Labute approximate surface area is 117 Å². The molecular formula is C14H15ClN2O2. The lowest BCUT2D eigenvalue weighted by Gasteiger charge is -2.17. The van der Waals surface area contributed by atoms with E-state index < -0.39 is 5.54 Å². The Hall–Kier alpha value is -1.86. The number of halogens is 1. The average Bonchev–Trinajstić information content (AvgIpc) is 2.35. The van der Waals surface area contributed by atoms with Gasteiger partial charge in [-0.1, -0.05) is 23.7 Å². The number of carbonyl (C=O) groups is 2. The van der Waals surface area contributed by atoms with Gasteiger partial charge >= 0.3 is 0 Å². The molecule has 1 N–H and O–H groups in total. The number of amides is 1. The van der Waals surface area contributed by atoms with Crippen LogP contribution >= 0.6 is 11.6 Å². The van der Waals surface area contributed by atoms with E-state index in [4.69, 9.17) is 16.9 Å². The van der Waals surface area contributed by atoms with Crippen LogP contribution in [0.15, 0.2) is 24.3 Å². The summed E-state index contributed by atoms with van der Waals surface area (Å²) >= 11 is 5.79. The van der Waals surface area contributed by atoms with Crippen LogP contribution in [0.3, 0.4) is 0 Å². The number of hydrogen-bond acceptors (Lipinski definition) is 3. The van der Waals surface area contributed by atoms with Gasteiger partial charge in [-0.3, -0.25) is 9.59 Å². The molecule has 5 heteroatoms. The number of hydrogen-bond donors (Lipinski definition) is 1. The highest BCUT2D eigenvalue weighted by Gasteiger charge is 2.19. The summed E-state index contributed by atoms with van der Waals surface area (Å²) in [5, 5.41) is 11.8. The Bertz CT molecular complexity index is 532. The van der Waals surface area contributed by atoms with Gasteiger partial charge in [0.25, 0.3) is 0 Å². The minimum absolute atomic E-state index is 0.0520. The number of nitriles is 1. The van der Waals surface area contributed by atoms with E-state index in [9.17, 15) is 9.59 Å². The van der Waals surface area contributed by atoms with Gasteiger partial charge in [0, 0.05) is 23.4 Å². The molecular weight excluding hydrogens is 264 g/mol. The van der Waals surface area contributed by atoms with Gasteiger partial charge in [0.15, 0.2) is 5.78 Å². The topological polar surface area (TPSA) is 70.0 Å². The van der Waals surface area contributed by atoms with Crippen LogP contribution in [0.1, 0.15) is 37.0 Å². The molecule has 1 rings (SSSR count). The fraction of sp³-hybridized carbons (Fsp3) is 0.357. The Balaban J connectivity index is 2.52. The molecule has 0 aliphatic carbocycles. The van der Waals surface area contributed by atoms with Crippen LogP contribution in [0.5, 0.6) is 0 Å². The molecule has 0 radical (unpaired) electrons. The second-order valence-corrected chi connectivity index (χ2v) is 5.15. The van der Waals surface area contributed by atoms with E-state index in [1.807, 2.05) is 6.07 Å². The molecule has 0 aliphatic heterocycles. The second-order valence-electron chi connectivity index (χ2n) is 4.72. The van der Waals surface area contributed by atoms with Gasteiger partial charge in [-0.25, -0.2) is 0 Å². The van der Waals surface area contributed by atoms with Crippen LogP contribution in [-0.2, 0) is 4.79 Å². The van der Waals surface area contributed by atoms with Crippen molar-refractivity contribution >= 4 is 23.3 Å². The molecule has 1 aromatic rings. The number of nitrogens with one attached hydrogen (secondary N) is 1. The van der Waals surface area contributed by atoms with E-state index in [2.05, 4.69) is 5.32 Å². The van der Waals surface area contributed by atoms with Crippen molar-refractivity contribution in [2.45, 2.75) is 32.2 Å². The summed E-state index contributed by atoms with van der Waals surface area (Å²) in [7, 11) is 0. The monoisotopic (exact) mass is 278 g/mol. The van der Waals surface area contributed by atoms with E-state index in [1.165, 1.54) is 0 Å².